The van der Waals surface area contributed by atoms with Crippen LogP contribution in [0.15, 0.2) is 27.7 Å². The Morgan fingerprint density at radius 2 is 1.90 bits per heavy atom. The molecule has 4 heteroatoms. The Bertz CT molecular complexity index is 554. The molecule has 3 nitrogen and oxygen atoms in total. The standard InChI is InChI=1S/C17H21BrN2O/c18-16-11-15(17(19-13-21)7-1-2-8-17)6-5-14(16)12-20-9-3-4-10-20/h5-6,11H,1-4,7-10,12H2. The predicted molar refractivity (Wildman–Crippen MR) is 86.9 cm³/mol. The lowest BCUT2D eigenvalue weighted by molar-refractivity contribution is 0.330. The Morgan fingerprint density at radius 1 is 1.19 bits per heavy atom. The second-order valence-corrected chi connectivity index (χ2v) is 7.09. The average Bonchev–Trinajstić information content (AvgIpc) is 3.14. The number of halogens is 1. The summed E-state index contributed by atoms with van der Waals surface area (Å²) < 4.78 is 1.14. The fraction of sp³-hybridized carbons (Fsp3) is 0.588. The predicted octanol–water partition coefficient (Wildman–Crippen LogP) is 4.15. The molecular formula is C17H21BrN2O. The van der Waals surface area contributed by atoms with Gasteiger partial charge >= 0.3 is 0 Å². The number of hydrogen-bond donors (Lipinski definition) is 0. The molecule has 1 aliphatic carbocycles. The molecule has 1 saturated heterocycles. The molecule has 1 aliphatic heterocycles. The molecule has 2 fully saturated rings. The Balaban J connectivity index is 1.84. The van der Waals surface area contributed by atoms with Crippen LogP contribution in [0.5, 0.6) is 0 Å². The van der Waals surface area contributed by atoms with Gasteiger partial charge in [0.2, 0.25) is 6.08 Å². The minimum Gasteiger partial charge on any atom is -0.299 e. The van der Waals surface area contributed by atoms with Gasteiger partial charge in [0.25, 0.3) is 0 Å². The monoisotopic (exact) mass is 348 g/mol. The lowest BCUT2D eigenvalue weighted by Gasteiger charge is -2.24. The molecule has 0 unspecified atom stereocenters. The van der Waals surface area contributed by atoms with E-state index in [0.29, 0.717) is 0 Å². The number of carbonyl (C=O) groups excluding carboxylic acids is 1. The van der Waals surface area contributed by atoms with Crippen LogP contribution in [-0.4, -0.2) is 24.1 Å². The van der Waals surface area contributed by atoms with Crippen molar-refractivity contribution in [3.8, 4) is 0 Å². The Morgan fingerprint density at radius 3 is 2.52 bits per heavy atom. The van der Waals surface area contributed by atoms with Gasteiger partial charge in [0, 0.05) is 11.0 Å². The van der Waals surface area contributed by atoms with Gasteiger partial charge in [-0.05, 0) is 56.0 Å². The summed E-state index contributed by atoms with van der Waals surface area (Å²) in [4.78, 5) is 17.5. The highest BCUT2D eigenvalue weighted by atomic mass is 79.9. The summed E-state index contributed by atoms with van der Waals surface area (Å²) in [5, 5.41) is 0. The van der Waals surface area contributed by atoms with E-state index in [2.05, 4.69) is 44.0 Å². The van der Waals surface area contributed by atoms with Gasteiger partial charge in [0.1, 0.15) is 0 Å². The second-order valence-electron chi connectivity index (χ2n) is 6.23. The third-order valence-corrected chi connectivity index (χ3v) is 5.61. The van der Waals surface area contributed by atoms with Gasteiger partial charge in [-0.15, -0.1) is 0 Å². The molecule has 0 bridgehead atoms. The SMILES string of the molecule is O=C=NC1(c2ccc(CN3CCCC3)c(Br)c2)CCCC1. The van der Waals surface area contributed by atoms with E-state index in [-0.39, 0.29) is 5.54 Å². The van der Waals surface area contributed by atoms with Gasteiger partial charge in [-0.25, -0.2) is 4.79 Å². The molecule has 1 aromatic carbocycles. The molecule has 0 atom stereocenters. The maximum atomic E-state index is 10.8. The van der Waals surface area contributed by atoms with E-state index < -0.39 is 0 Å². The zero-order valence-corrected chi connectivity index (χ0v) is 13.9. The molecule has 21 heavy (non-hydrogen) atoms. The van der Waals surface area contributed by atoms with E-state index in [4.69, 9.17) is 0 Å². The maximum Gasteiger partial charge on any atom is 0.235 e. The Labute approximate surface area is 134 Å². The van der Waals surface area contributed by atoms with E-state index in [1.165, 1.54) is 31.5 Å². The smallest absolute Gasteiger partial charge is 0.235 e. The Hall–Kier alpha value is -0.960. The molecular weight excluding hydrogens is 328 g/mol. The minimum absolute atomic E-state index is 0.323. The van der Waals surface area contributed by atoms with E-state index in [1.54, 1.807) is 6.08 Å². The van der Waals surface area contributed by atoms with Crippen LogP contribution in [0.2, 0.25) is 0 Å². The van der Waals surface area contributed by atoms with E-state index >= 15 is 0 Å². The van der Waals surface area contributed by atoms with Gasteiger partial charge in [-0.3, -0.25) is 4.90 Å². The first-order valence-electron chi connectivity index (χ1n) is 7.84. The highest BCUT2D eigenvalue weighted by Gasteiger charge is 2.35. The van der Waals surface area contributed by atoms with Crippen molar-refractivity contribution < 1.29 is 4.79 Å². The number of benzene rings is 1. The van der Waals surface area contributed by atoms with Crippen LogP contribution in [-0.2, 0) is 16.9 Å². The number of hydrogen-bond acceptors (Lipinski definition) is 3. The van der Waals surface area contributed by atoms with Crippen LogP contribution in [0.4, 0.5) is 0 Å². The van der Waals surface area contributed by atoms with Gasteiger partial charge in [-0.1, -0.05) is 40.9 Å². The zero-order valence-electron chi connectivity index (χ0n) is 12.3. The molecule has 1 saturated carbocycles. The second kappa shape index (κ2) is 6.43. The molecule has 2 aliphatic rings. The lowest BCUT2D eigenvalue weighted by atomic mass is 9.88. The maximum absolute atomic E-state index is 10.8. The molecule has 0 N–H and O–H groups in total. The summed E-state index contributed by atoms with van der Waals surface area (Å²) in [7, 11) is 0. The van der Waals surface area contributed by atoms with Crippen LogP contribution < -0.4 is 0 Å². The molecule has 0 aromatic heterocycles. The largest absolute Gasteiger partial charge is 0.299 e. The van der Waals surface area contributed by atoms with Crippen molar-refractivity contribution in [1.82, 2.24) is 4.90 Å². The van der Waals surface area contributed by atoms with Crippen molar-refractivity contribution in [2.45, 2.75) is 50.6 Å². The van der Waals surface area contributed by atoms with E-state index in [9.17, 15) is 4.79 Å². The number of likely N-dealkylation sites (tertiary alicyclic amines) is 1. The minimum atomic E-state index is -0.323. The first-order chi connectivity index (χ1) is 10.2. The molecule has 0 radical (unpaired) electrons. The molecule has 0 spiro atoms. The van der Waals surface area contributed by atoms with Crippen molar-refractivity contribution >= 4 is 22.0 Å². The quantitative estimate of drug-likeness (QED) is 0.604. The third kappa shape index (κ3) is 3.13. The Kier molecular flexibility index (Phi) is 4.58. The topological polar surface area (TPSA) is 32.7 Å². The van der Waals surface area contributed by atoms with Crippen LogP contribution >= 0.6 is 15.9 Å². The summed E-state index contributed by atoms with van der Waals surface area (Å²) in [6.07, 6.45) is 8.61. The fourth-order valence-electron chi connectivity index (χ4n) is 3.66. The van der Waals surface area contributed by atoms with Gasteiger partial charge in [0.15, 0.2) is 0 Å². The number of nitrogens with zero attached hydrogens (tertiary/aromatic N) is 2. The van der Waals surface area contributed by atoms with Crippen molar-refractivity contribution in [3.05, 3.63) is 33.8 Å². The number of aliphatic imine (C=N–C) groups is 1. The van der Waals surface area contributed by atoms with Crippen LogP contribution in [0.1, 0.15) is 49.7 Å². The van der Waals surface area contributed by atoms with Crippen molar-refractivity contribution in [2.75, 3.05) is 13.1 Å². The van der Waals surface area contributed by atoms with Crippen molar-refractivity contribution in [3.63, 3.8) is 0 Å². The van der Waals surface area contributed by atoms with Crippen molar-refractivity contribution in [1.29, 1.82) is 0 Å². The van der Waals surface area contributed by atoms with E-state index in [0.717, 1.165) is 42.3 Å². The molecule has 0 amide bonds. The molecule has 3 rings (SSSR count). The van der Waals surface area contributed by atoms with Gasteiger partial charge in [-0.2, -0.15) is 4.99 Å². The fourth-order valence-corrected chi connectivity index (χ4v) is 4.16. The molecule has 1 heterocycles. The first-order valence-corrected chi connectivity index (χ1v) is 8.63. The zero-order chi connectivity index (χ0) is 14.7. The summed E-state index contributed by atoms with van der Waals surface area (Å²) >= 11 is 3.71. The normalized spacial score (nSPS) is 21.4. The van der Waals surface area contributed by atoms with Crippen LogP contribution in [0.3, 0.4) is 0 Å². The highest BCUT2D eigenvalue weighted by Crippen LogP contribution is 2.43. The molecule has 1 aromatic rings. The van der Waals surface area contributed by atoms with Crippen molar-refractivity contribution in [2.24, 2.45) is 4.99 Å². The average molecular weight is 349 g/mol. The lowest BCUT2D eigenvalue weighted by Crippen LogP contribution is -2.21. The third-order valence-electron chi connectivity index (χ3n) is 4.87. The van der Waals surface area contributed by atoms with Gasteiger partial charge < -0.3 is 0 Å². The summed E-state index contributed by atoms with van der Waals surface area (Å²) in [5.41, 5.74) is 2.15. The highest BCUT2D eigenvalue weighted by molar-refractivity contribution is 9.10. The summed E-state index contributed by atoms with van der Waals surface area (Å²) in [6, 6.07) is 6.51. The summed E-state index contributed by atoms with van der Waals surface area (Å²) in [6.45, 7) is 3.41. The molecule has 112 valence electrons. The van der Waals surface area contributed by atoms with Crippen LogP contribution in [0, 0.1) is 0 Å². The first kappa shape index (κ1) is 15.0. The number of rotatable bonds is 4. The summed E-state index contributed by atoms with van der Waals surface area (Å²) in [5.74, 6) is 0. The number of isocyanates is 1. The van der Waals surface area contributed by atoms with Crippen LogP contribution in [0.25, 0.3) is 0 Å². The van der Waals surface area contributed by atoms with E-state index in [1.807, 2.05) is 0 Å². The van der Waals surface area contributed by atoms with Gasteiger partial charge in [0.05, 0.1) is 5.54 Å².